The molecule has 1 heterocycles. The smallest absolute Gasteiger partial charge is 0.224 e. The Morgan fingerprint density at radius 1 is 1.29 bits per heavy atom. The van der Waals surface area contributed by atoms with Gasteiger partial charge in [-0.1, -0.05) is 12.1 Å². The molecule has 4 nitrogen and oxygen atoms in total. The van der Waals surface area contributed by atoms with Gasteiger partial charge in [0.05, 0.1) is 10.2 Å². The van der Waals surface area contributed by atoms with Gasteiger partial charge in [-0.15, -0.1) is 0 Å². The van der Waals surface area contributed by atoms with Crippen molar-refractivity contribution in [2.45, 2.75) is 0 Å². The summed E-state index contributed by atoms with van der Waals surface area (Å²) in [6, 6.07) is 6.41. The number of nitrogens with zero attached hydrogens (tertiary/aromatic N) is 2. The van der Waals surface area contributed by atoms with E-state index in [1.54, 1.807) is 31.4 Å². The third kappa shape index (κ3) is 2.71. The Morgan fingerprint density at radius 2 is 2.06 bits per heavy atom. The van der Waals surface area contributed by atoms with Gasteiger partial charge < -0.3 is 10.6 Å². The van der Waals surface area contributed by atoms with Gasteiger partial charge in [0.1, 0.15) is 11.6 Å². The van der Waals surface area contributed by atoms with Crippen LogP contribution in [0.2, 0.25) is 0 Å². The van der Waals surface area contributed by atoms with E-state index in [1.165, 1.54) is 6.07 Å². The molecular weight excluding hydrogens is 287 g/mol. The lowest BCUT2D eigenvalue weighted by Crippen LogP contribution is -2.02. The van der Waals surface area contributed by atoms with Crippen molar-refractivity contribution in [1.82, 2.24) is 9.97 Å². The maximum absolute atomic E-state index is 13.5. The second kappa shape index (κ2) is 5.09. The van der Waals surface area contributed by atoms with Crippen LogP contribution in [0.25, 0.3) is 0 Å². The van der Waals surface area contributed by atoms with Crippen LogP contribution in [0.15, 0.2) is 34.9 Å². The predicted octanol–water partition coefficient (Wildman–Crippen LogP) is 3.16. The van der Waals surface area contributed by atoms with Gasteiger partial charge in [0.25, 0.3) is 0 Å². The monoisotopic (exact) mass is 296 g/mol. The Balaban J connectivity index is 2.32. The van der Waals surface area contributed by atoms with Crippen molar-refractivity contribution >= 4 is 33.4 Å². The third-order valence-electron chi connectivity index (χ3n) is 2.09. The van der Waals surface area contributed by atoms with E-state index in [9.17, 15) is 4.39 Å². The molecule has 0 saturated heterocycles. The number of hydrogen-bond acceptors (Lipinski definition) is 4. The lowest BCUT2D eigenvalue weighted by Gasteiger charge is -2.09. The third-order valence-corrected chi connectivity index (χ3v) is 2.67. The molecule has 1 aromatic carbocycles. The van der Waals surface area contributed by atoms with Gasteiger partial charge in [-0.3, -0.25) is 0 Å². The molecule has 0 fully saturated rings. The Labute approximate surface area is 106 Å². The largest absolute Gasteiger partial charge is 0.357 e. The van der Waals surface area contributed by atoms with Gasteiger partial charge in [0, 0.05) is 13.2 Å². The Bertz CT molecular complexity index is 533. The highest BCUT2D eigenvalue weighted by atomic mass is 79.9. The molecule has 1 aromatic heterocycles. The van der Waals surface area contributed by atoms with Gasteiger partial charge in [-0.25, -0.2) is 9.37 Å². The minimum absolute atomic E-state index is 0.330. The molecule has 0 aliphatic rings. The molecule has 0 bridgehead atoms. The van der Waals surface area contributed by atoms with Gasteiger partial charge in [0.2, 0.25) is 5.95 Å². The van der Waals surface area contributed by atoms with E-state index in [0.717, 1.165) is 0 Å². The van der Waals surface area contributed by atoms with E-state index >= 15 is 0 Å². The van der Waals surface area contributed by atoms with E-state index in [4.69, 9.17) is 0 Å². The summed E-state index contributed by atoms with van der Waals surface area (Å²) in [6.45, 7) is 0. The average Bonchev–Trinajstić information content (AvgIpc) is 2.35. The maximum atomic E-state index is 13.5. The predicted molar refractivity (Wildman–Crippen MR) is 69.0 cm³/mol. The topological polar surface area (TPSA) is 49.8 Å². The minimum Gasteiger partial charge on any atom is -0.357 e. The Morgan fingerprint density at radius 3 is 2.76 bits per heavy atom. The number of anilines is 3. The van der Waals surface area contributed by atoms with Gasteiger partial charge in [0.15, 0.2) is 0 Å². The molecule has 0 spiro atoms. The molecule has 0 amide bonds. The van der Waals surface area contributed by atoms with Gasteiger partial charge in [-0.2, -0.15) is 4.98 Å². The van der Waals surface area contributed by atoms with E-state index in [1.807, 2.05) is 0 Å². The molecule has 0 atom stereocenters. The first kappa shape index (κ1) is 11.8. The summed E-state index contributed by atoms with van der Waals surface area (Å²) in [7, 11) is 1.72. The lowest BCUT2D eigenvalue weighted by atomic mass is 10.3. The second-order valence-electron chi connectivity index (χ2n) is 3.24. The van der Waals surface area contributed by atoms with Gasteiger partial charge >= 0.3 is 0 Å². The van der Waals surface area contributed by atoms with Crippen molar-refractivity contribution in [2.75, 3.05) is 17.7 Å². The zero-order chi connectivity index (χ0) is 12.3. The molecule has 17 heavy (non-hydrogen) atoms. The summed E-state index contributed by atoms with van der Waals surface area (Å²) >= 11 is 3.30. The molecule has 0 unspecified atom stereocenters. The molecule has 0 radical (unpaired) electrons. The number of nitrogens with one attached hydrogen (secondary N) is 2. The van der Waals surface area contributed by atoms with E-state index in [0.29, 0.717) is 21.9 Å². The maximum Gasteiger partial charge on any atom is 0.224 e. The molecule has 6 heteroatoms. The molecule has 0 aliphatic carbocycles. The average molecular weight is 297 g/mol. The first-order valence-electron chi connectivity index (χ1n) is 4.92. The zero-order valence-electron chi connectivity index (χ0n) is 9.04. The van der Waals surface area contributed by atoms with Gasteiger partial charge in [-0.05, 0) is 28.1 Å². The van der Waals surface area contributed by atoms with Crippen LogP contribution in [-0.2, 0) is 0 Å². The highest BCUT2D eigenvalue weighted by Gasteiger charge is 2.07. The molecule has 2 rings (SSSR count). The lowest BCUT2D eigenvalue weighted by molar-refractivity contribution is 0.632. The molecule has 0 aliphatic heterocycles. The number of halogens is 2. The standard InChI is InChI=1S/C11H10BrFN4/c1-14-11-15-6-7(12)10(17-11)16-9-5-3-2-4-8(9)13/h2-6H,1H3,(H2,14,15,16,17). The van der Waals surface area contributed by atoms with Crippen LogP contribution >= 0.6 is 15.9 Å². The van der Waals surface area contributed by atoms with Crippen LogP contribution in [0.4, 0.5) is 21.8 Å². The zero-order valence-corrected chi connectivity index (χ0v) is 10.6. The summed E-state index contributed by atoms with van der Waals surface area (Å²) in [5.74, 6) is 0.644. The first-order valence-corrected chi connectivity index (χ1v) is 5.72. The quantitative estimate of drug-likeness (QED) is 0.913. The number of hydrogen-bond donors (Lipinski definition) is 2. The van der Waals surface area contributed by atoms with Crippen molar-refractivity contribution in [1.29, 1.82) is 0 Å². The Hall–Kier alpha value is -1.69. The van der Waals surface area contributed by atoms with Crippen LogP contribution in [0.1, 0.15) is 0 Å². The van der Waals surface area contributed by atoms with Crippen molar-refractivity contribution in [3.63, 3.8) is 0 Å². The summed E-state index contributed by atoms with van der Waals surface area (Å²) in [6.07, 6.45) is 1.60. The number of benzene rings is 1. The first-order chi connectivity index (χ1) is 8.20. The van der Waals surface area contributed by atoms with Crippen LogP contribution in [0, 0.1) is 5.82 Å². The van der Waals surface area contributed by atoms with Crippen LogP contribution in [0.5, 0.6) is 0 Å². The summed E-state index contributed by atoms with van der Waals surface area (Å²) in [5, 5.41) is 5.72. The number of para-hydroxylation sites is 1. The van der Waals surface area contributed by atoms with E-state index < -0.39 is 0 Å². The molecule has 0 saturated carbocycles. The highest BCUT2D eigenvalue weighted by Crippen LogP contribution is 2.25. The van der Waals surface area contributed by atoms with Crippen LogP contribution < -0.4 is 10.6 Å². The summed E-state index contributed by atoms with van der Waals surface area (Å²) < 4.78 is 14.1. The fraction of sp³-hybridized carbons (Fsp3) is 0.0909. The summed E-state index contributed by atoms with van der Waals surface area (Å²) in [5.41, 5.74) is 0.369. The SMILES string of the molecule is CNc1ncc(Br)c(Nc2ccccc2F)n1. The van der Waals surface area contributed by atoms with E-state index in [-0.39, 0.29) is 5.82 Å². The number of rotatable bonds is 3. The van der Waals surface area contributed by atoms with Crippen molar-refractivity contribution < 1.29 is 4.39 Å². The minimum atomic E-state index is -0.330. The molecule has 2 aromatic rings. The Kier molecular flexibility index (Phi) is 3.53. The number of aromatic nitrogens is 2. The van der Waals surface area contributed by atoms with Crippen molar-refractivity contribution in [3.05, 3.63) is 40.8 Å². The molecule has 88 valence electrons. The second-order valence-corrected chi connectivity index (χ2v) is 4.10. The fourth-order valence-electron chi connectivity index (χ4n) is 1.27. The summed E-state index contributed by atoms with van der Waals surface area (Å²) in [4.78, 5) is 8.20. The van der Waals surface area contributed by atoms with Crippen LogP contribution in [-0.4, -0.2) is 17.0 Å². The van der Waals surface area contributed by atoms with E-state index in [2.05, 4.69) is 36.5 Å². The normalized spacial score (nSPS) is 10.1. The van der Waals surface area contributed by atoms with Crippen molar-refractivity contribution in [2.24, 2.45) is 0 Å². The highest BCUT2D eigenvalue weighted by molar-refractivity contribution is 9.10. The molecular formula is C11H10BrFN4. The fourth-order valence-corrected chi connectivity index (χ4v) is 1.56. The molecule has 2 N–H and O–H groups in total. The van der Waals surface area contributed by atoms with Crippen molar-refractivity contribution in [3.8, 4) is 0 Å². The van der Waals surface area contributed by atoms with Crippen LogP contribution in [0.3, 0.4) is 0 Å².